The van der Waals surface area contributed by atoms with E-state index >= 15 is 0 Å². The van der Waals surface area contributed by atoms with Gasteiger partial charge in [-0.1, -0.05) is 42.5 Å². The zero-order valence-corrected chi connectivity index (χ0v) is 11.6. The molecule has 4 nitrogen and oxygen atoms in total. The fourth-order valence-corrected chi connectivity index (χ4v) is 2.34. The summed E-state index contributed by atoms with van der Waals surface area (Å²) in [5, 5.41) is 9.34. The molecular weight excluding hydrogens is 262 g/mol. The highest BCUT2D eigenvalue weighted by Gasteiger charge is 2.14. The monoisotopic (exact) mass is 279 g/mol. The topological polar surface area (TPSA) is 64.1 Å². The Bertz CT molecular complexity index is 704. The molecule has 0 radical (unpaired) electrons. The number of aromatic hydroxyl groups is 1. The predicted octanol–water partition coefficient (Wildman–Crippen LogP) is 2.69. The Morgan fingerprint density at radius 2 is 1.76 bits per heavy atom. The van der Waals surface area contributed by atoms with Crippen LogP contribution in [-0.2, 0) is 6.54 Å². The van der Waals surface area contributed by atoms with Crippen molar-refractivity contribution in [3.8, 4) is 5.75 Å². The van der Waals surface area contributed by atoms with Crippen LogP contribution >= 0.6 is 0 Å². The van der Waals surface area contributed by atoms with Gasteiger partial charge in [0.15, 0.2) is 0 Å². The Kier molecular flexibility index (Phi) is 3.71. The Labute approximate surface area is 123 Å². The van der Waals surface area contributed by atoms with Crippen LogP contribution in [-0.4, -0.2) is 14.7 Å². The van der Waals surface area contributed by atoms with E-state index in [0.29, 0.717) is 6.54 Å². The van der Waals surface area contributed by atoms with Crippen LogP contribution in [0.5, 0.6) is 5.75 Å². The first-order chi connectivity index (χ1) is 10.2. The minimum absolute atomic E-state index is 0.252. The maximum atomic E-state index is 9.34. The van der Waals surface area contributed by atoms with Crippen molar-refractivity contribution >= 4 is 0 Å². The third-order valence-electron chi connectivity index (χ3n) is 3.47. The SMILES string of the molecule is NC(c1ccccc1)c1nccn1Cc1ccc(O)cc1. The summed E-state index contributed by atoms with van der Waals surface area (Å²) in [7, 11) is 0. The van der Waals surface area contributed by atoms with Gasteiger partial charge in [-0.05, 0) is 23.3 Å². The average molecular weight is 279 g/mol. The van der Waals surface area contributed by atoms with Gasteiger partial charge in [0.05, 0.1) is 6.04 Å². The summed E-state index contributed by atoms with van der Waals surface area (Å²) in [5.74, 6) is 1.10. The molecule has 0 aliphatic rings. The van der Waals surface area contributed by atoms with Crippen LogP contribution in [0.25, 0.3) is 0 Å². The Morgan fingerprint density at radius 3 is 2.48 bits per heavy atom. The van der Waals surface area contributed by atoms with E-state index in [1.54, 1.807) is 18.3 Å². The molecule has 0 saturated carbocycles. The molecule has 3 aromatic rings. The van der Waals surface area contributed by atoms with Crippen LogP contribution in [0.2, 0.25) is 0 Å². The van der Waals surface area contributed by atoms with E-state index in [4.69, 9.17) is 5.73 Å². The lowest BCUT2D eigenvalue weighted by atomic mass is 10.1. The molecule has 3 N–H and O–H groups in total. The number of phenolic OH excluding ortho intramolecular Hbond substituents is 1. The number of imidazole rings is 1. The number of hydrogen-bond acceptors (Lipinski definition) is 3. The summed E-state index contributed by atoms with van der Waals surface area (Å²) in [6.07, 6.45) is 3.68. The minimum Gasteiger partial charge on any atom is -0.508 e. The predicted molar refractivity (Wildman–Crippen MR) is 81.9 cm³/mol. The first-order valence-corrected chi connectivity index (χ1v) is 6.83. The van der Waals surface area contributed by atoms with E-state index in [2.05, 4.69) is 4.98 Å². The minimum atomic E-state index is -0.252. The number of aromatic nitrogens is 2. The molecule has 0 aliphatic carbocycles. The Morgan fingerprint density at radius 1 is 1.05 bits per heavy atom. The van der Waals surface area contributed by atoms with Crippen LogP contribution in [0.4, 0.5) is 0 Å². The van der Waals surface area contributed by atoms with Crippen molar-refractivity contribution in [2.24, 2.45) is 5.73 Å². The highest BCUT2D eigenvalue weighted by Crippen LogP contribution is 2.19. The number of nitrogens with zero attached hydrogens (tertiary/aromatic N) is 2. The molecule has 4 heteroatoms. The molecule has 1 heterocycles. The van der Waals surface area contributed by atoms with Crippen molar-refractivity contribution in [2.45, 2.75) is 12.6 Å². The standard InChI is InChI=1S/C17H17N3O/c18-16(14-4-2-1-3-5-14)17-19-10-11-20(17)12-13-6-8-15(21)9-7-13/h1-11,16,21H,12,18H2. The van der Waals surface area contributed by atoms with Crippen molar-refractivity contribution in [1.82, 2.24) is 9.55 Å². The zero-order chi connectivity index (χ0) is 14.7. The van der Waals surface area contributed by atoms with Gasteiger partial charge in [0.25, 0.3) is 0 Å². The van der Waals surface area contributed by atoms with Crippen LogP contribution in [0.15, 0.2) is 67.0 Å². The van der Waals surface area contributed by atoms with Crippen molar-refractivity contribution in [3.05, 3.63) is 83.9 Å². The van der Waals surface area contributed by atoms with Gasteiger partial charge >= 0.3 is 0 Å². The molecule has 1 unspecified atom stereocenters. The lowest BCUT2D eigenvalue weighted by molar-refractivity contribution is 0.475. The highest BCUT2D eigenvalue weighted by atomic mass is 16.3. The summed E-state index contributed by atoms with van der Waals surface area (Å²) in [4.78, 5) is 4.39. The van der Waals surface area contributed by atoms with Crippen LogP contribution in [0, 0.1) is 0 Å². The number of hydrogen-bond donors (Lipinski definition) is 2. The van der Waals surface area contributed by atoms with Gasteiger partial charge in [-0.2, -0.15) is 0 Å². The van der Waals surface area contributed by atoms with Gasteiger partial charge in [-0.25, -0.2) is 4.98 Å². The van der Waals surface area contributed by atoms with Crippen LogP contribution in [0.1, 0.15) is 23.0 Å². The van der Waals surface area contributed by atoms with Crippen molar-refractivity contribution in [2.75, 3.05) is 0 Å². The maximum absolute atomic E-state index is 9.34. The fourth-order valence-electron chi connectivity index (χ4n) is 2.34. The molecule has 0 fully saturated rings. The normalized spacial score (nSPS) is 12.2. The summed E-state index contributed by atoms with van der Waals surface area (Å²) < 4.78 is 2.03. The molecule has 0 amide bonds. The van der Waals surface area contributed by atoms with E-state index in [-0.39, 0.29) is 11.8 Å². The van der Waals surface area contributed by atoms with E-state index < -0.39 is 0 Å². The van der Waals surface area contributed by atoms with Crippen molar-refractivity contribution in [1.29, 1.82) is 0 Å². The molecule has 2 aromatic carbocycles. The van der Waals surface area contributed by atoms with Gasteiger partial charge < -0.3 is 15.4 Å². The lowest BCUT2D eigenvalue weighted by Gasteiger charge is -2.14. The van der Waals surface area contributed by atoms with Crippen LogP contribution < -0.4 is 5.73 Å². The lowest BCUT2D eigenvalue weighted by Crippen LogP contribution is -2.18. The van der Waals surface area contributed by atoms with Gasteiger partial charge in [0.2, 0.25) is 0 Å². The van der Waals surface area contributed by atoms with Gasteiger partial charge in [-0.15, -0.1) is 0 Å². The number of phenols is 1. The molecule has 0 saturated heterocycles. The Balaban J connectivity index is 1.85. The van der Waals surface area contributed by atoms with Crippen molar-refractivity contribution < 1.29 is 5.11 Å². The van der Waals surface area contributed by atoms with Gasteiger partial charge in [-0.3, -0.25) is 0 Å². The summed E-state index contributed by atoms with van der Waals surface area (Å²) in [6, 6.07) is 16.8. The quantitative estimate of drug-likeness (QED) is 0.771. The first kappa shape index (κ1) is 13.4. The van der Waals surface area contributed by atoms with E-state index in [9.17, 15) is 5.11 Å². The highest BCUT2D eigenvalue weighted by molar-refractivity contribution is 5.28. The van der Waals surface area contributed by atoms with Crippen molar-refractivity contribution in [3.63, 3.8) is 0 Å². The number of nitrogens with two attached hydrogens (primary N) is 1. The van der Waals surface area contributed by atoms with Gasteiger partial charge in [0, 0.05) is 18.9 Å². The Hall–Kier alpha value is -2.59. The summed E-state index contributed by atoms with van der Waals surface area (Å²) in [5.41, 5.74) is 8.44. The largest absolute Gasteiger partial charge is 0.508 e. The van der Waals surface area contributed by atoms with E-state index in [1.165, 1.54) is 0 Å². The molecule has 0 bridgehead atoms. The number of rotatable bonds is 4. The van der Waals surface area contributed by atoms with Gasteiger partial charge in [0.1, 0.15) is 11.6 Å². The molecule has 0 spiro atoms. The number of benzene rings is 2. The summed E-state index contributed by atoms with van der Waals surface area (Å²) >= 11 is 0. The fraction of sp³-hybridized carbons (Fsp3) is 0.118. The van der Waals surface area contributed by atoms with Crippen LogP contribution in [0.3, 0.4) is 0 Å². The zero-order valence-electron chi connectivity index (χ0n) is 11.6. The molecule has 3 rings (SSSR count). The molecular formula is C17H17N3O. The third-order valence-corrected chi connectivity index (χ3v) is 3.47. The average Bonchev–Trinajstić information content (AvgIpc) is 2.98. The maximum Gasteiger partial charge on any atom is 0.130 e. The summed E-state index contributed by atoms with van der Waals surface area (Å²) in [6.45, 7) is 0.677. The van der Waals surface area contributed by atoms with E-state index in [0.717, 1.165) is 17.0 Å². The molecule has 21 heavy (non-hydrogen) atoms. The molecule has 106 valence electrons. The smallest absolute Gasteiger partial charge is 0.130 e. The third kappa shape index (κ3) is 2.95. The molecule has 1 atom stereocenters. The van der Waals surface area contributed by atoms with E-state index in [1.807, 2.05) is 53.2 Å². The second-order valence-electron chi connectivity index (χ2n) is 4.97. The molecule has 0 aliphatic heterocycles. The second-order valence-corrected chi connectivity index (χ2v) is 4.97. The molecule has 1 aromatic heterocycles. The second kappa shape index (κ2) is 5.81. The first-order valence-electron chi connectivity index (χ1n) is 6.83.